The third-order valence-electron chi connectivity index (χ3n) is 4.47. The van der Waals surface area contributed by atoms with Gasteiger partial charge in [-0.05, 0) is 25.7 Å². The van der Waals surface area contributed by atoms with Crippen molar-refractivity contribution in [3.05, 3.63) is 0 Å². The smallest absolute Gasteiger partial charge is 0.324 e. The number of rotatable bonds is 6. The van der Waals surface area contributed by atoms with Crippen molar-refractivity contribution >= 4 is 11.9 Å². The highest BCUT2D eigenvalue weighted by Gasteiger charge is 2.14. The molecule has 0 saturated heterocycles. The molecule has 0 aliphatic heterocycles. The van der Waals surface area contributed by atoms with E-state index in [1.165, 1.54) is 38.5 Å². The molecule has 0 bridgehead atoms. The highest BCUT2D eigenvalue weighted by Crippen LogP contribution is 2.17. The molecule has 0 amide bonds. The molecule has 2 N–H and O–H groups in total. The predicted octanol–water partition coefficient (Wildman–Crippen LogP) is 3.55. The minimum absolute atomic E-state index is 0.166. The van der Waals surface area contributed by atoms with Crippen LogP contribution in [0.25, 0.3) is 0 Å². The predicted molar refractivity (Wildman–Crippen MR) is 92.8 cm³/mol. The van der Waals surface area contributed by atoms with E-state index in [-0.39, 0.29) is 11.9 Å². The second-order valence-electron chi connectivity index (χ2n) is 6.56. The molecular formula is C18H34N2O4. The molecule has 2 rings (SSSR count). The van der Waals surface area contributed by atoms with Gasteiger partial charge in [0.1, 0.15) is 0 Å². The average molecular weight is 342 g/mol. The van der Waals surface area contributed by atoms with Crippen molar-refractivity contribution in [1.82, 2.24) is 11.0 Å². The van der Waals surface area contributed by atoms with E-state index in [1.54, 1.807) is 13.8 Å². The van der Waals surface area contributed by atoms with E-state index >= 15 is 0 Å². The standard InChI is InChI=1S/2C9H17NO2/c2*1-2-9(11)12-10-8-6-4-3-5-7-8/h2*8,10H,2-7H2,1H3. The average Bonchev–Trinajstić information content (AvgIpc) is 2.66. The molecule has 2 fully saturated rings. The molecule has 0 aromatic heterocycles. The maximum Gasteiger partial charge on any atom is 0.324 e. The summed E-state index contributed by atoms with van der Waals surface area (Å²) in [6.45, 7) is 3.59. The SMILES string of the molecule is CCC(=O)ONC1CCCCC1.CCC(=O)ONC1CCCCC1. The van der Waals surface area contributed by atoms with Crippen LogP contribution in [0.15, 0.2) is 0 Å². The van der Waals surface area contributed by atoms with Gasteiger partial charge in [-0.25, -0.2) is 0 Å². The molecule has 0 radical (unpaired) electrons. The summed E-state index contributed by atoms with van der Waals surface area (Å²) in [4.78, 5) is 31.2. The van der Waals surface area contributed by atoms with E-state index < -0.39 is 0 Å². The lowest BCUT2D eigenvalue weighted by molar-refractivity contribution is -0.154. The van der Waals surface area contributed by atoms with E-state index in [4.69, 9.17) is 9.68 Å². The van der Waals surface area contributed by atoms with Crippen molar-refractivity contribution in [2.45, 2.75) is 103 Å². The van der Waals surface area contributed by atoms with Crippen molar-refractivity contribution in [1.29, 1.82) is 0 Å². The minimum atomic E-state index is -0.166. The van der Waals surface area contributed by atoms with Crippen molar-refractivity contribution in [3.63, 3.8) is 0 Å². The Morgan fingerprint density at radius 1 is 0.708 bits per heavy atom. The Balaban J connectivity index is 0.000000240. The Hall–Kier alpha value is -1.14. The molecule has 0 spiro atoms. The molecule has 0 heterocycles. The lowest BCUT2D eigenvalue weighted by Gasteiger charge is -2.21. The van der Waals surface area contributed by atoms with Gasteiger partial charge in [-0.3, -0.25) is 9.59 Å². The van der Waals surface area contributed by atoms with Gasteiger partial charge in [0.05, 0.1) is 0 Å². The highest BCUT2D eigenvalue weighted by atomic mass is 16.7. The lowest BCUT2D eigenvalue weighted by Crippen LogP contribution is -2.32. The van der Waals surface area contributed by atoms with Crippen molar-refractivity contribution in [3.8, 4) is 0 Å². The first-order valence-electron chi connectivity index (χ1n) is 9.56. The van der Waals surface area contributed by atoms with Crippen LogP contribution in [0.4, 0.5) is 0 Å². The topological polar surface area (TPSA) is 76.7 Å². The molecule has 140 valence electrons. The van der Waals surface area contributed by atoms with Crippen LogP contribution in [0.1, 0.15) is 90.9 Å². The number of nitrogens with one attached hydrogen (secondary N) is 2. The minimum Gasteiger partial charge on any atom is -0.370 e. The Bertz CT molecular complexity index is 317. The van der Waals surface area contributed by atoms with E-state index in [0.29, 0.717) is 24.9 Å². The monoisotopic (exact) mass is 342 g/mol. The third kappa shape index (κ3) is 9.88. The van der Waals surface area contributed by atoms with Crippen LogP contribution in [-0.4, -0.2) is 24.0 Å². The lowest BCUT2D eigenvalue weighted by atomic mass is 9.96. The molecule has 24 heavy (non-hydrogen) atoms. The molecule has 2 saturated carbocycles. The maximum absolute atomic E-state index is 10.8. The second kappa shape index (κ2) is 13.2. The van der Waals surface area contributed by atoms with Crippen LogP contribution in [0, 0.1) is 0 Å². The Morgan fingerprint density at radius 3 is 1.33 bits per heavy atom. The summed E-state index contributed by atoms with van der Waals surface area (Å²) in [6.07, 6.45) is 13.1. The Labute approximate surface area is 145 Å². The second-order valence-corrected chi connectivity index (χ2v) is 6.56. The maximum atomic E-state index is 10.8. The van der Waals surface area contributed by atoms with Gasteiger partial charge >= 0.3 is 11.9 Å². The fraction of sp³-hybridized carbons (Fsp3) is 0.889. The normalized spacial score (nSPS) is 19.1. The van der Waals surface area contributed by atoms with E-state index in [9.17, 15) is 9.59 Å². The first-order valence-corrected chi connectivity index (χ1v) is 9.56. The van der Waals surface area contributed by atoms with Gasteiger partial charge in [0.25, 0.3) is 0 Å². The van der Waals surface area contributed by atoms with E-state index in [2.05, 4.69) is 11.0 Å². The molecule has 6 heteroatoms. The fourth-order valence-electron chi connectivity index (χ4n) is 2.88. The third-order valence-corrected chi connectivity index (χ3v) is 4.47. The quantitative estimate of drug-likeness (QED) is 0.719. The van der Waals surface area contributed by atoms with Crippen LogP contribution < -0.4 is 11.0 Å². The Morgan fingerprint density at radius 2 is 1.04 bits per heavy atom. The van der Waals surface area contributed by atoms with Crippen LogP contribution in [0.5, 0.6) is 0 Å². The molecular weight excluding hydrogens is 308 g/mol. The fourth-order valence-corrected chi connectivity index (χ4v) is 2.88. The summed E-state index contributed by atoms with van der Waals surface area (Å²) in [6, 6.07) is 0.795. The summed E-state index contributed by atoms with van der Waals surface area (Å²) in [7, 11) is 0. The Kier molecular flexibility index (Phi) is 11.5. The van der Waals surface area contributed by atoms with Gasteiger partial charge in [-0.2, -0.15) is 11.0 Å². The first-order chi connectivity index (χ1) is 11.7. The van der Waals surface area contributed by atoms with E-state index in [1.807, 2.05) is 0 Å². The molecule has 2 aliphatic carbocycles. The van der Waals surface area contributed by atoms with Crippen LogP contribution in [-0.2, 0) is 19.3 Å². The van der Waals surface area contributed by atoms with Crippen LogP contribution in [0.3, 0.4) is 0 Å². The van der Waals surface area contributed by atoms with Gasteiger partial charge in [0.2, 0.25) is 0 Å². The van der Waals surface area contributed by atoms with Crippen molar-refractivity contribution in [2.24, 2.45) is 0 Å². The van der Waals surface area contributed by atoms with Gasteiger partial charge in [-0.1, -0.05) is 52.4 Å². The highest BCUT2D eigenvalue weighted by molar-refractivity contribution is 5.68. The zero-order chi connectivity index (χ0) is 17.6. The van der Waals surface area contributed by atoms with Crippen molar-refractivity contribution in [2.75, 3.05) is 0 Å². The largest absolute Gasteiger partial charge is 0.370 e. The van der Waals surface area contributed by atoms with Gasteiger partial charge in [-0.15, -0.1) is 0 Å². The molecule has 6 nitrogen and oxygen atoms in total. The molecule has 0 aromatic carbocycles. The summed E-state index contributed by atoms with van der Waals surface area (Å²) in [5.74, 6) is -0.332. The van der Waals surface area contributed by atoms with Crippen molar-refractivity contribution < 1.29 is 19.3 Å². The number of carbonyl (C=O) groups excluding carboxylic acids is 2. The first kappa shape index (κ1) is 20.9. The molecule has 0 aromatic rings. The molecule has 0 unspecified atom stereocenters. The zero-order valence-corrected chi connectivity index (χ0v) is 15.3. The molecule has 0 atom stereocenters. The van der Waals surface area contributed by atoms with Gasteiger partial charge in [0, 0.05) is 24.9 Å². The summed E-state index contributed by atoms with van der Waals surface area (Å²) in [5.41, 5.74) is 5.65. The molecule has 2 aliphatic rings. The van der Waals surface area contributed by atoms with Crippen LogP contribution in [0.2, 0.25) is 0 Å². The zero-order valence-electron chi connectivity index (χ0n) is 15.3. The van der Waals surface area contributed by atoms with Crippen LogP contribution >= 0.6 is 0 Å². The summed E-state index contributed by atoms with van der Waals surface area (Å²) < 4.78 is 0. The summed E-state index contributed by atoms with van der Waals surface area (Å²) >= 11 is 0. The number of carbonyl (C=O) groups is 2. The van der Waals surface area contributed by atoms with Gasteiger partial charge in [0.15, 0.2) is 0 Å². The summed E-state index contributed by atoms with van der Waals surface area (Å²) in [5, 5.41) is 0. The van der Waals surface area contributed by atoms with Gasteiger partial charge < -0.3 is 9.68 Å². The van der Waals surface area contributed by atoms with E-state index in [0.717, 1.165) is 25.7 Å². The number of hydrogen-bond donors (Lipinski definition) is 2. The number of hydroxylamine groups is 2. The number of hydrogen-bond acceptors (Lipinski definition) is 6.